The quantitative estimate of drug-likeness (QED) is 0.821. The first kappa shape index (κ1) is 17.4. The Hall–Kier alpha value is -2.04. The van der Waals surface area contributed by atoms with Gasteiger partial charge in [0.05, 0.1) is 12.7 Å². The van der Waals surface area contributed by atoms with Gasteiger partial charge in [0.1, 0.15) is 5.75 Å². The number of amides is 1. The zero-order valence-electron chi connectivity index (χ0n) is 15.5. The van der Waals surface area contributed by atoms with E-state index in [-0.39, 0.29) is 11.4 Å². The van der Waals surface area contributed by atoms with Gasteiger partial charge in [0.15, 0.2) is 6.10 Å². The highest BCUT2D eigenvalue weighted by molar-refractivity contribution is 5.92. The third kappa shape index (κ3) is 3.31. The Kier molecular flexibility index (Phi) is 4.41. The van der Waals surface area contributed by atoms with Crippen LogP contribution >= 0.6 is 0 Å². The van der Waals surface area contributed by atoms with Crippen LogP contribution in [0.15, 0.2) is 24.3 Å². The van der Waals surface area contributed by atoms with Crippen LogP contribution in [0.2, 0.25) is 0 Å². The minimum Gasteiger partial charge on any atom is -0.497 e. The van der Waals surface area contributed by atoms with Crippen LogP contribution in [0.4, 0.5) is 0 Å². The molecule has 1 atom stereocenters. The monoisotopic (exact) mass is 357 g/mol. The number of esters is 1. The molecule has 5 rings (SSSR count). The molecule has 1 N–H and O–H groups in total. The van der Waals surface area contributed by atoms with Gasteiger partial charge in [-0.2, -0.15) is 0 Å². The molecule has 4 bridgehead atoms. The highest BCUT2D eigenvalue weighted by Crippen LogP contribution is 2.55. The molecule has 140 valence electrons. The minimum atomic E-state index is -0.794. The summed E-state index contributed by atoms with van der Waals surface area (Å²) in [5.74, 6) is 2.31. The summed E-state index contributed by atoms with van der Waals surface area (Å²) in [5.41, 5.74) is 0.354. The van der Waals surface area contributed by atoms with E-state index in [1.807, 2.05) is 0 Å². The van der Waals surface area contributed by atoms with Gasteiger partial charge >= 0.3 is 5.97 Å². The molecule has 4 saturated carbocycles. The standard InChI is InChI=1S/C21H27NO4/c1-13(26-20(24)17-3-5-18(25-2)6-4-17)19(23)22-21-10-14-7-15(11-21)9-16(8-14)12-21/h3-6,13-16H,7-12H2,1-2H3,(H,22,23)/t13-,14?,15?,16?,21?/m1/s1. The van der Waals surface area contributed by atoms with Crippen LogP contribution in [0.25, 0.3) is 0 Å². The Labute approximate surface area is 154 Å². The lowest BCUT2D eigenvalue weighted by molar-refractivity contribution is -0.134. The van der Waals surface area contributed by atoms with Crippen molar-refractivity contribution in [1.29, 1.82) is 0 Å². The molecule has 0 saturated heterocycles. The second-order valence-electron chi connectivity index (χ2n) is 8.46. The fourth-order valence-corrected chi connectivity index (χ4v) is 5.64. The molecule has 5 nitrogen and oxygen atoms in total. The molecule has 0 unspecified atom stereocenters. The van der Waals surface area contributed by atoms with E-state index < -0.39 is 12.1 Å². The molecule has 4 aliphatic rings. The molecule has 0 heterocycles. The molecule has 1 amide bonds. The van der Waals surface area contributed by atoms with E-state index in [0.717, 1.165) is 37.0 Å². The number of ether oxygens (including phenoxy) is 2. The van der Waals surface area contributed by atoms with Crippen molar-refractivity contribution < 1.29 is 19.1 Å². The molecular weight excluding hydrogens is 330 g/mol. The first-order valence-corrected chi connectivity index (χ1v) is 9.63. The van der Waals surface area contributed by atoms with Gasteiger partial charge in [0.25, 0.3) is 5.91 Å². The second-order valence-corrected chi connectivity index (χ2v) is 8.46. The van der Waals surface area contributed by atoms with E-state index in [9.17, 15) is 9.59 Å². The maximum atomic E-state index is 12.7. The maximum Gasteiger partial charge on any atom is 0.338 e. The second kappa shape index (κ2) is 6.60. The van der Waals surface area contributed by atoms with E-state index in [4.69, 9.17) is 9.47 Å². The van der Waals surface area contributed by atoms with Crippen molar-refractivity contribution in [3.63, 3.8) is 0 Å². The van der Waals surface area contributed by atoms with Crippen LogP contribution in [-0.4, -0.2) is 30.6 Å². The Bertz CT molecular complexity index is 661. The van der Waals surface area contributed by atoms with Crippen LogP contribution in [0, 0.1) is 17.8 Å². The van der Waals surface area contributed by atoms with Crippen LogP contribution in [0.5, 0.6) is 5.75 Å². The molecule has 5 heteroatoms. The third-order valence-electron chi connectivity index (χ3n) is 6.41. The van der Waals surface area contributed by atoms with Crippen LogP contribution < -0.4 is 10.1 Å². The van der Waals surface area contributed by atoms with E-state index in [2.05, 4.69) is 5.32 Å². The Morgan fingerprint density at radius 2 is 1.58 bits per heavy atom. The molecule has 0 spiro atoms. The lowest BCUT2D eigenvalue weighted by atomic mass is 9.53. The van der Waals surface area contributed by atoms with Gasteiger partial charge in [-0.05, 0) is 87.5 Å². The average molecular weight is 357 g/mol. The smallest absolute Gasteiger partial charge is 0.338 e. The number of benzene rings is 1. The van der Waals surface area contributed by atoms with Gasteiger partial charge in [-0.15, -0.1) is 0 Å². The van der Waals surface area contributed by atoms with Crippen molar-refractivity contribution in [3.8, 4) is 5.75 Å². The summed E-state index contributed by atoms with van der Waals surface area (Å²) in [4.78, 5) is 25.0. The number of nitrogens with one attached hydrogen (secondary N) is 1. The molecule has 0 aliphatic heterocycles. The third-order valence-corrected chi connectivity index (χ3v) is 6.41. The number of methoxy groups -OCH3 is 1. The van der Waals surface area contributed by atoms with E-state index in [0.29, 0.717) is 11.3 Å². The molecular formula is C21H27NO4. The molecule has 26 heavy (non-hydrogen) atoms. The average Bonchev–Trinajstić information content (AvgIpc) is 2.60. The van der Waals surface area contributed by atoms with Crippen molar-refractivity contribution in [2.24, 2.45) is 17.8 Å². The molecule has 1 aromatic rings. The van der Waals surface area contributed by atoms with Gasteiger partial charge in [-0.25, -0.2) is 4.79 Å². The largest absolute Gasteiger partial charge is 0.497 e. The van der Waals surface area contributed by atoms with Gasteiger partial charge in [-0.1, -0.05) is 0 Å². The van der Waals surface area contributed by atoms with Gasteiger partial charge in [0, 0.05) is 5.54 Å². The van der Waals surface area contributed by atoms with Crippen molar-refractivity contribution in [3.05, 3.63) is 29.8 Å². The number of hydrogen-bond donors (Lipinski definition) is 1. The van der Waals surface area contributed by atoms with Gasteiger partial charge in [0.2, 0.25) is 0 Å². The lowest BCUT2D eigenvalue weighted by Gasteiger charge is -2.57. The fraction of sp³-hybridized carbons (Fsp3) is 0.619. The van der Waals surface area contributed by atoms with Crippen LogP contribution in [-0.2, 0) is 9.53 Å². The zero-order valence-corrected chi connectivity index (χ0v) is 15.5. The van der Waals surface area contributed by atoms with Crippen molar-refractivity contribution in [2.45, 2.75) is 57.1 Å². The summed E-state index contributed by atoms with van der Waals surface area (Å²) in [5, 5.41) is 3.26. The first-order valence-electron chi connectivity index (χ1n) is 9.63. The number of hydrogen-bond acceptors (Lipinski definition) is 4. The lowest BCUT2D eigenvalue weighted by Crippen LogP contribution is -2.61. The van der Waals surface area contributed by atoms with E-state index in [1.165, 1.54) is 19.3 Å². The molecule has 1 aromatic carbocycles. The number of rotatable bonds is 5. The number of carbonyl (C=O) groups excluding carboxylic acids is 2. The van der Waals surface area contributed by atoms with Gasteiger partial charge in [-0.3, -0.25) is 4.79 Å². The van der Waals surface area contributed by atoms with Crippen molar-refractivity contribution in [1.82, 2.24) is 5.32 Å². The van der Waals surface area contributed by atoms with Crippen molar-refractivity contribution in [2.75, 3.05) is 7.11 Å². The van der Waals surface area contributed by atoms with Crippen LogP contribution in [0.1, 0.15) is 55.8 Å². The summed E-state index contributed by atoms with van der Waals surface area (Å²) < 4.78 is 10.5. The van der Waals surface area contributed by atoms with Crippen LogP contribution in [0.3, 0.4) is 0 Å². The topological polar surface area (TPSA) is 64.6 Å². The van der Waals surface area contributed by atoms with E-state index in [1.54, 1.807) is 38.3 Å². The summed E-state index contributed by atoms with van der Waals surface area (Å²) in [7, 11) is 1.57. The predicted molar refractivity (Wildman–Crippen MR) is 96.9 cm³/mol. The Balaban J connectivity index is 1.36. The normalized spacial score (nSPS) is 32.8. The summed E-state index contributed by atoms with van der Waals surface area (Å²) in [6, 6.07) is 6.70. The molecule has 0 aromatic heterocycles. The van der Waals surface area contributed by atoms with E-state index >= 15 is 0 Å². The summed E-state index contributed by atoms with van der Waals surface area (Å²) >= 11 is 0. The molecule has 0 radical (unpaired) electrons. The Morgan fingerprint density at radius 3 is 2.08 bits per heavy atom. The maximum absolute atomic E-state index is 12.7. The predicted octanol–water partition coefficient (Wildman–Crippen LogP) is 3.33. The Morgan fingerprint density at radius 1 is 1.04 bits per heavy atom. The van der Waals surface area contributed by atoms with Crippen molar-refractivity contribution >= 4 is 11.9 Å². The minimum absolute atomic E-state index is 0.0629. The summed E-state index contributed by atoms with van der Waals surface area (Å²) in [6.07, 6.45) is 6.46. The highest BCUT2D eigenvalue weighted by Gasteiger charge is 2.51. The SMILES string of the molecule is COc1ccc(C(=O)O[C@H](C)C(=O)NC23CC4CC(CC(C4)C2)C3)cc1. The molecule has 4 fully saturated rings. The number of carbonyl (C=O) groups is 2. The zero-order chi connectivity index (χ0) is 18.3. The summed E-state index contributed by atoms with van der Waals surface area (Å²) in [6.45, 7) is 1.65. The molecule has 4 aliphatic carbocycles. The fourth-order valence-electron chi connectivity index (χ4n) is 5.64. The van der Waals surface area contributed by atoms with Gasteiger partial charge < -0.3 is 14.8 Å². The highest BCUT2D eigenvalue weighted by atomic mass is 16.5. The first-order chi connectivity index (χ1) is 12.5.